The highest BCUT2D eigenvalue weighted by molar-refractivity contribution is 7.91. The van der Waals surface area contributed by atoms with Crippen molar-refractivity contribution in [1.29, 1.82) is 0 Å². The maximum absolute atomic E-state index is 13.7. The van der Waals surface area contributed by atoms with Gasteiger partial charge < -0.3 is 15.0 Å². The van der Waals surface area contributed by atoms with Crippen molar-refractivity contribution in [3.63, 3.8) is 0 Å². The summed E-state index contributed by atoms with van der Waals surface area (Å²) in [4.78, 5) is 28.9. The smallest absolute Gasteiger partial charge is 0.271 e. The lowest BCUT2D eigenvalue weighted by Crippen LogP contribution is -2.25. The maximum atomic E-state index is 13.7. The fourth-order valence-electron chi connectivity index (χ4n) is 4.33. The van der Waals surface area contributed by atoms with Gasteiger partial charge >= 0.3 is 0 Å². The van der Waals surface area contributed by atoms with Gasteiger partial charge in [0.2, 0.25) is 9.84 Å². The number of halogens is 1. The number of nitrogens with zero attached hydrogens (tertiary/aromatic N) is 2. The van der Waals surface area contributed by atoms with E-state index in [1.807, 2.05) is 44.2 Å². The van der Waals surface area contributed by atoms with E-state index in [4.69, 9.17) is 11.6 Å². The van der Waals surface area contributed by atoms with Crippen LogP contribution in [0.4, 0.5) is 11.4 Å². The fourth-order valence-corrected chi connectivity index (χ4v) is 5.87. The summed E-state index contributed by atoms with van der Waals surface area (Å²) in [7, 11) is -4.44. The molecule has 2 heterocycles. The standard InChI is InChI=1S/C28H28ClN3O5S/c1-3-5-11-23-25(31(4-2)20-9-7-6-8-10-20)26(34)27(28(35)30-23)38(36,37)22-15-13-21(14-16-22)32-18-19(29)12-17-24(32)33/h6-10,12-18H,3-5,11H2,1-2H3,(H2,30,34,35). The summed E-state index contributed by atoms with van der Waals surface area (Å²) in [6.07, 6.45) is 3.47. The number of benzene rings is 2. The number of para-hydroxylation sites is 1. The monoisotopic (exact) mass is 553 g/mol. The Kier molecular flexibility index (Phi) is 8.08. The average molecular weight is 554 g/mol. The molecule has 10 heteroatoms. The van der Waals surface area contributed by atoms with Crippen LogP contribution in [0.25, 0.3) is 5.69 Å². The van der Waals surface area contributed by atoms with Gasteiger partial charge in [-0.3, -0.25) is 14.2 Å². The van der Waals surface area contributed by atoms with Crippen molar-refractivity contribution in [3.8, 4) is 11.4 Å². The third-order valence-corrected chi connectivity index (χ3v) is 8.23. The second-order valence-corrected chi connectivity index (χ2v) is 11.0. The summed E-state index contributed by atoms with van der Waals surface area (Å²) < 4.78 is 28.6. The number of hydrogen-bond acceptors (Lipinski definition) is 6. The second-order valence-electron chi connectivity index (χ2n) is 8.70. The van der Waals surface area contributed by atoms with Gasteiger partial charge in [0.25, 0.3) is 11.1 Å². The molecular formula is C28H28ClN3O5S. The Hall–Kier alpha value is -3.82. The lowest BCUT2D eigenvalue weighted by molar-refractivity contribution is 0.454. The minimum Gasteiger partial charge on any atom is -0.504 e. The van der Waals surface area contributed by atoms with Gasteiger partial charge in [0.15, 0.2) is 10.6 Å². The number of aromatic amines is 1. The van der Waals surface area contributed by atoms with Crippen molar-refractivity contribution < 1.29 is 13.5 Å². The molecule has 4 rings (SSSR count). The molecule has 8 nitrogen and oxygen atoms in total. The topological polar surface area (TPSA) is 112 Å². The van der Waals surface area contributed by atoms with Crippen LogP contribution in [0.1, 0.15) is 32.4 Å². The molecule has 38 heavy (non-hydrogen) atoms. The zero-order chi connectivity index (χ0) is 27.4. The molecule has 0 fully saturated rings. The summed E-state index contributed by atoms with van der Waals surface area (Å²) >= 11 is 6.00. The average Bonchev–Trinajstić information content (AvgIpc) is 2.91. The zero-order valence-electron chi connectivity index (χ0n) is 21.0. The molecule has 0 atom stereocenters. The Balaban J connectivity index is 1.87. The van der Waals surface area contributed by atoms with Crippen molar-refractivity contribution >= 4 is 32.8 Å². The summed E-state index contributed by atoms with van der Waals surface area (Å²) in [6.45, 7) is 4.31. The molecule has 2 N–H and O–H groups in total. The van der Waals surface area contributed by atoms with E-state index in [0.29, 0.717) is 29.4 Å². The third kappa shape index (κ3) is 5.25. The van der Waals surface area contributed by atoms with Crippen molar-refractivity contribution in [2.45, 2.75) is 42.9 Å². The molecule has 0 saturated heterocycles. The van der Waals surface area contributed by atoms with E-state index < -0.39 is 26.0 Å². The largest absolute Gasteiger partial charge is 0.504 e. The van der Waals surface area contributed by atoms with Gasteiger partial charge in [0.1, 0.15) is 5.69 Å². The zero-order valence-corrected chi connectivity index (χ0v) is 22.6. The van der Waals surface area contributed by atoms with E-state index in [1.165, 1.54) is 47.2 Å². The summed E-state index contributed by atoms with van der Waals surface area (Å²) in [5, 5.41) is 11.7. The lowest BCUT2D eigenvalue weighted by atomic mass is 10.1. The minimum absolute atomic E-state index is 0.202. The molecule has 0 aliphatic rings. The van der Waals surface area contributed by atoms with Gasteiger partial charge in [-0.15, -0.1) is 0 Å². The van der Waals surface area contributed by atoms with Gasteiger partial charge in [-0.25, -0.2) is 8.42 Å². The third-order valence-electron chi connectivity index (χ3n) is 6.20. The van der Waals surface area contributed by atoms with Crippen LogP contribution in [-0.2, 0) is 16.3 Å². The first kappa shape index (κ1) is 27.2. The Labute approximate surface area is 225 Å². The van der Waals surface area contributed by atoms with E-state index in [1.54, 1.807) is 4.90 Å². The van der Waals surface area contributed by atoms with Crippen molar-refractivity contribution in [2.24, 2.45) is 0 Å². The van der Waals surface area contributed by atoms with Crippen LogP contribution < -0.4 is 16.0 Å². The summed E-state index contributed by atoms with van der Waals surface area (Å²) in [5.74, 6) is -0.597. The Morgan fingerprint density at radius 3 is 2.29 bits per heavy atom. The van der Waals surface area contributed by atoms with Crippen molar-refractivity contribution in [3.05, 3.63) is 104 Å². The second kappa shape index (κ2) is 11.3. The van der Waals surface area contributed by atoms with Crippen LogP contribution in [0.3, 0.4) is 0 Å². The highest BCUT2D eigenvalue weighted by atomic mass is 35.5. The van der Waals surface area contributed by atoms with Crippen LogP contribution in [0, 0.1) is 0 Å². The Bertz CT molecular complexity index is 1660. The molecule has 0 bridgehead atoms. The number of nitrogens with one attached hydrogen (secondary N) is 1. The SMILES string of the molecule is CCCCc1[nH]c(=O)c(S(=O)(=O)c2ccc(-n3cc(Cl)ccc3=O)cc2)c(O)c1N(CC)c1ccccc1. The fraction of sp³-hybridized carbons (Fsp3) is 0.214. The molecule has 4 aromatic rings. The van der Waals surface area contributed by atoms with Crippen molar-refractivity contribution in [2.75, 3.05) is 11.4 Å². The molecule has 0 spiro atoms. The number of anilines is 2. The van der Waals surface area contributed by atoms with Gasteiger partial charge in [-0.05, 0) is 62.2 Å². The van der Waals surface area contributed by atoms with E-state index in [9.17, 15) is 23.1 Å². The predicted molar refractivity (Wildman–Crippen MR) is 149 cm³/mol. The van der Waals surface area contributed by atoms with E-state index in [2.05, 4.69) is 4.98 Å². The van der Waals surface area contributed by atoms with Crippen LogP contribution in [-0.4, -0.2) is 29.6 Å². The van der Waals surface area contributed by atoms with Crippen LogP contribution in [0.2, 0.25) is 5.02 Å². The number of rotatable bonds is 9. The van der Waals surface area contributed by atoms with E-state index in [0.717, 1.165) is 18.5 Å². The molecule has 2 aromatic heterocycles. The first-order chi connectivity index (χ1) is 18.2. The van der Waals surface area contributed by atoms with E-state index >= 15 is 0 Å². The predicted octanol–water partition coefficient (Wildman–Crippen LogP) is 5.22. The van der Waals surface area contributed by atoms with Crippen molar-refractivity contribution in [1.82, 2.24) is 9.55 Å². The highest BCUT2D eigenvalue weighted by Crippen LogP contribution is 2.40. The number of hydrogen-bond donors (Lipinski definition) is 2. The quantitative estimate of drug-likeness (QED) is 0.294. The first-order valence-corrected chi connectivity index (χ1v) is 14.1. The highest BCUT2D eigenvalue weighted by Gasteiger charge is 2.31. The number of H-pyrrole nitrogens is 1. The summed E-state index contributed by atoms with van der Waals surface area (Å²) in [6, 6.07) is 17.5. The number of aryl methyl sites for hydroxylation is 1. The van der Waals surface area contributed by atoms with E-state index in [-0.39, 0.29) is 16.1 Å². The first-order valence-electron chi connectivity index (χ1n) is 12.2. The molecule has 0 aliphatic heterocycles. The van der Waals surface area contributed by atoms with Gasteiger partial charge in [0, 0.05) is 35.9 Å². The Morgan fingerprint density at radius 2 is 1.66 bits per heavy atom. The van der Waals surface area contributed by atoms with Crippen LogP contribution in [0.5, 0.6) is 5.75 Å². The normalized spacial score (nSPS) is 11.4. The lowest BCUT2D eigenvalue weighted by Gasteiger charge is -2.27. The number of aromatic nitrogens is 2. The van der Waals surface area contributed by atoms with Gasteiger partial charge in [0.05, 0.1) is 9.92 Å². The number of sulfone groups is 1. The number of aromatic hydroxyl groups is 1. The number of pyridine rings is 2. The van der Waals surface area contributed by atoms with Gasteiger partial charge in [-0.2, -0.15) is 0 Å². The minimum atomic E-state index is -4.44. The molecule has 0 amide bonds. The molecule has 0 aliphatic carbocycles. The molecule has 0 saturated carbocycles. The van der Waals surface area contributed by atoms with Crippen LogP contribution in [0.15, 0.2) is 92.3 Å². The van der Waals surface area contributed by atoms with Crippen LogP contribution >= 0.6 is 11.6 Å². The molecule has 2 aromatic carbocycles. The molecule has 0 unspecified atom stereocenters. The molecular weight excluding hydrogens is 526 g/mol. The maximum Gasteiger partial charge on any atom is 0.271 e. The molecule has 0 radical (unpaired) electrons. The molecule has 198 valence electrons. The van der Waals surface area contributed by atoms with Gasteiger partial charge in [-0.1, -0.05) is 43.1 Å². The Morgan fingerprint density at radius 1 is 0.974 bits per heavy atom. The number of unbranched alkanes of at least 4 members (excludes halogenated alkanes) is 1. The summed E-state index contributed by atoms with van der Waals surface area (Å²) in [5.41, 5.74) is 0.631.